The van der Waals surface area contributed by atoms with Gasteiger partial charge in [-0.2, -0.15) is 0 Å². The number of carbonyl (C=O) groups excluding carboxylic acids is 1. The second kappa shape index (κ2) is 10.2. The number of benzene rings is 2. The van der Waals surface area contributed by atoms with Crippen molar-refractivity contribution in [2.75, 3.05) is 16.0 Å². The highest BCUT2D eigenvalue weighted by Crippen LogP contribution is 2.39. The first-order valence-electron chi connectivity index (χ1n) is 11.7. The van der Waals surface area contributed by atoms with Gasteiger partial charge in [0.25, 0.3) is 0 Å². The number of fused-ring (bicyclic) bond motifs is 3. The number of nitrogens with zero attached hydrogens (tertiary/aromatic N) is 3. The third kappa shape index (κ3) is 4.81. The summed E-state index contributed by atoms with van der Waals surface area (Å²) < 4.78 is 0. The number of thiophene rings is 1. The molecular weight excluding hydrogens is 460 g/mol. The molecule has 1 N–H and O–H groups in total. The minimum absolute atomic E-state index is 0.0559. The zero-order valence-electron chi connectivity index (χ0n) is 19.5. The third-order valence-electron chi connectivity index (χ3n) is 6.04. The molecule has 174 valence electrons. The van der Waals surface area contributed by atoms with Crippen LogP contribution in [0.15, 0.2) is 66.0 Å². The highest BCUT2D eigenvalue weighted by molar-refractivity contribution is 8.00. The predicted molar refractivity (Wildman–Crippen MR) is 144 cm³/mol. The van der Waals surface area contributed by atoms with Gasteiger partial charge >= 0.3 is 0 Å². The first-order chi connectivity index (χ1) is 16.6. The number of carbonyl (C=O) groups is 1. The molecule has 0 radical (unpaired) electrons. The number of hydrogen-bond acceptors (Lipinski definition) is 6. The fraction of sp³-hybridized carbons (Fsp3) is 0.296. The fourth-order valence-corrected chi connectivity index (χ4v) is 6.67. The van der Waals surface area contributed by atoms with Crippen molar-refractivity contribution in [3.8, 4) is 0 Å². The van der Waals surface area contributed by atoms with E-state index in [4.69, 9.17) is 0 Å². The molecule has 1 aliphatic rings. The Bertz CT molecular complexity index is 1290. The molecule has 0 saturated carbocycles. The highest BCUT2D eigenvalue weighted by atomic mass is 32.2. The van der Waals surface area contributed by atoms with Crippen LogP contribution in [-0.2, 0) is 17.6 Å². The summed E-state index contributed by atoms with van der Waals surface area (Å²) in [5.74, 6) is 0.429. The van der Waals surface area contributed by atoms with E-state index in [0.29, 0.717) is 5.75 Å². The normalized spacial score (nSPS) is 13.1. The Labute approximate surface area is 208 Å². The Morgan fingerprint density at radius 2 is 1.76 bits per heavy atom. The van der Waals surface area contributed by atoms with Crippen molar-refractivity contribution in [2.24, 2.45) is 0 Å². The van der Waals surface area contributed by atoms with E-state index >= 15 is 0 Å². The van der Waals surface area contributed by atoms with Gasteiger partial charge in [-0.3, -0.25) is 4.79 Å². The molecule has 0 fully saturated rings. The van der Waals surface area contributed by atoms with E-state index < -0.39 is 0 Å². The highest BCUT2D eigenvalue weighted by Gasteiger charge is 2.23. The van der Waals surface area contributed by atoms with Crippen molar-refractivity contribution in [3.05, 3.63) is 71.4 Å². The van der Waals surface area contributed by atoms with Crippen LogP contribution >= 0.6 is 23.1 Å². The monoisotopic (exact) mass is 488 g/mol. The average molecular weight is 489 g/mol. The quantitative estimate of drug-likeness (QED) is 0.228. The molecule has 0 aliphatic heterocycles. The van der Waals surface area contributed by atoms with E-state index in [-0.39, 0.29) is 11.9 Å². The molecule has 7 heteroatoms. The summed E-state index contributed by atoms with van der Waals surface area (Å²) in [6.07, 6.45) is 6.32. The number of thioether (sulfide) groups is 1. The van der Waals surface area contributed by atoms with E-state index in [0.717, 1.165) is 39.8 Å². The molecule has 34 heavy (non-hydrogen) atoms. The largest absolute Gasteiger partial charge is 0.356 e. The first-order valence-corrected chi connectivity index (χ1v) is 13.5. The van der Waals surface area contributed by atoms with Crippen molar-refractivity contribution in [2.45, 2.75) is 50.6 Å². The maximum Gasteiger partial charge on any atom is 0.237 e. The molecule has 1 amide bonds. The number of aryl methyl sites for hydroxylation is 2. The number of rotatable bonds is 7. The smallest absolute Gasteiger partial charge is 0.237 e. The number of nitrogens with one attached hydrogen (secondary N) is 1. The molecule has 4 aromatic rings. The van der Waals surface area contributed by atoms with E-state index in [2.05, 4.69) is 29.1 Å². The van der Waals surface area contributed by atoms with E-state index in [1.54, 1.807) is 17.7 Å². The molecule has 2 heterocycles. The lowest BCUT2D eigenvalue weighted by Gasteiger charge is -2.27. The number of hydrogen-bond donors (Lipinski definition) is 1. The lowest BCUT2D eigenvalue weighted by atomic mass is 9.97. The number of anilines is 3. The first kappa shape index (κ1) is 22.9. The van der Waals surface area contributed by atoms with Gasteiger partial charge in [0.05, 0.1) is 5.75 Å². The molecule has 0 atom stereocenters. The van der Waals surface area contributed by atoms with Crippen LogP contribution in [0, 0.1) is 0 Å². The summed E-state index contributed by atoms with van der Waals surface area (Å²) in [6.45, 7) is 4.10. The van der Waals surface area contributed by atoms with Crippen molar-refractivity contribution in [1.82, 2.24) is 9.97 Å². The Morgan fingerprint density at radius 1 is 1.03 bits per heavy atom. The molecular formula is C27H28N4OS2. The van der Waals surface area contributed by atoms with Crippen LogP contribution in [0.4, 0.5) is 17.1 Å². The van der Waals surface area contributed by atoms with E-state index in [1.165, 1.54) is 40.4 Å². The van der Waals surface area contributed by atoms with Crippen LogP contribution in [0.25, 0.3) is 10.2 Å². The molecule has 0 bridgehead atoms. The molecule has 0 saturated heterocycles. The Hall–Kier alpha value is -2.90. The average Bonchev–Trinajstić information content (AvgIpc) is 3.24. The van der Waals surface area contributed by atoms with Crippen LogP contribution in [-0.4, -0.2) is 27.7 Å². The van der Waals surface area contributed by atoms with E-state index in [9.17, 15) is 4.79 Å². The maximum atomic E-state index is 13.3. The lowest BCUT2D eigenvalue weighted by Crippen LogP contribution is -2.38. The third-order valence-corrected chi connectivity index (χ3v) is 8.22. The molecule has 0 unspecified atom stereocenters. The lowest BCUT2D eigenvalue weighted by molar-refractivity contribution is -0.116. The Kier molecular flexibility index (Phi) is 6.83. The minimum Gasteiger partial charge on any atom is -0.356 e. The summed E-state index contributed by atoms with van der Waals surface area (Å²) in [4.78, 5) is 26.8. The van der Waals surface area contributed by atoms with Crippen molar-refractivity contribution in [1.29, 1.82) is 0 Å². The van der Waals surface area contributed by atoms with Gasteiger partial charge in [-0.05, 0) is 81.5 Å². The molecule has 5 rings (SSSR count). The van der Waals surface area contributed by atoms with Crippen molar-refractivity contribution >= 4 is 56.3 Å². The van der Waals surface area contributed by atoms with Crippen LogP contribution in [0.5, 0.6) is 0 Å². The van der Waals surface area contributed by atoms with Crippen LogP contribution in [0.3, 0.4) is 0 Å². The predicted octanol–water partition coefficient (Wildman–Crippen LogP) is 6.85. The van der Waals surface area contributed by atoms with E-state index in [1.807, 2.05) is 59.5 Å². The molecule has 0 spiro atoms. The topological polar surface area (TPSA) is 58.1 Å². The number of aromatic nitrogens is 2. The van der Waals surface area contributed by atoms with Gasteiger partial charge in [-0.25, -0.2) is 9.97 Å². The minimum atomic E-state index is 0.0559. The van der Waals surface area contributed by atoms with Crippen LogP contribution < -0.4 is 10.2 Å². The van der Waals surface area contributed by atoms with Gasteiger partial charge in [0.15, 0.2) is 0 Å². The Morgan fingerprint density at radius 3 is 2.53 bits per heavy atom. The summed E-state index contributed by atoms with van der Waals surface area (Å²) in [7, 11) is 0. The van der Waals surface area contributed by atoms with Crippen molar-refractivity contribution in [3.63, 3.8) is 0 Å². The zero-order valence-corrected chi connectivity index (χ0v) is 21.1. The standard InChI is InChI=1S/C27H28N4OS2/c1-18(2)31(21-14-12-20(13-15-21)30-19-8-4-3-5-9-19)24(32)16-33-26-25-22-10-6-7-11-23(22)34-27(25)29-17-28-26/h3-5,8-9,12-15,17-18,30H,6-7,10-11,16H2,1-2H3. The molecule has 2 aromatic heterocycles. The van der Waals surface area contributed by atoms with Crippen LogP contribution in [0.2, 0.25) is 0 Å². The van der Waals surface area contributed by atoms with Gasteiger partial charge in [0.2, 0.25) is 5.91 Å². The van der Waals surface area contributed by atoms with Gasteiger partial charge in [-0.15, -0.1) is 11.3 Å². The summed E-state index contributed by atoms with van der Waals surface area (Å²) in [6, 6.07) is 18.2. The maximum absolute atomic E-state index is 13.3. The molecule has 2 aromatic carbocycles. The SMILES string of the molecule is CC(C)N(C(=O)CSc1ncnc2sc3c(c12)CCCC3)c1ccc(Nc2ccccc2)cc1. The molecule has 5 nitrogen and oxygen atoms in total. The molecule has 1 aliphatic carbocycles. The van der Waals surface area contributed by atoms with Crippen LogP contribution in [0.1, 0.15) is 37.1 Å². The number of para-hydroxylation sites is 1. The van der Waals surface area contributed by atoms with Crippen molar-refractivity contribution < 1.29 is 4.79 Å². The number of amides is 1. The summed E-state index contributed by atoms with van der Waals surface area (Å²) in [5, 5.41) is 5.50. The van der Waals surface area contributed by atoms with Gasteiger partial charge in [-0.1, -0.05) is 30.0 Å². The fourth-order valence-electron chi connectivity index (χ4n) is 4.49. The Balaban J connectivity index is 1.31. The second-order valence-electron chi connectivity index (χ2n) is 8.75. The summed E-state index contributed by atoms with van der Waals surface area (Å²) in [5.41, 5.74) is 4.34. The van der Waals surface area contributed by atoms with Gasteiger partial charge in [0, 0.05) is 33.4 Å². The summed E-state index contributed by atoms with van der Waals surface area (Å²) >= 11 is 3.33. The van der Waals surface area contributed by atoms with Gasteiger partial charge in [0.1, 0.15) is 16.2 Å². The van der Waals surface area contributed by atoms with Gasteiger partial charge < -0.3 is 10.2 Å². The second-order valence-corrected chi connectivity index (χ2v) is 10.8. The zero-order chi connectivity index (χ0) is 23.5.